The van der Waals surface area contributed by atoms with E-state index in [0.29, 0.717) is 19.5 Å². The molecule has 1 N–H and O–H groups in total. The molecule has 118 valence electrons. The molecular weight excluding hydrogens is 266 g/mol. The maximum absolute atomic E-state index is 12.4. The Labute approximate surface area is 126 Å². The summed E-state index contributed by atoms with van der Waals surface area (Å²) in [7, 11) is 0. The van der Waals surface area contributed by atoms with Crippen molar-refractivity contribution < 1.29 is 14.7 Å². The SMILES string of the molecule is O=C(CCC1CCCCC1)N1C[C@@H]2CCC[C@@]2(C(=O)O)C1. The molecular formula is C17H27NO3. The van der Waals surface area contributed by atoms with E-state index in [4.69, 9.17) is 0 Å². The van der Waals surface area contributed by atoms with Gasteiger partial charge < -0.3 is 10.0 Å². The molecule has 0 spiro atoms. The second-order valence-corrected chi connectivity index (χ2v) is 7.37. The maximum Gasteiger partial charge on any atom is 0.311 e. The van der Waals surface area contributed by atoms with Crippen LogP contribution in [-0.4, -0.2) is 35.0 Å². The number of rotatable bonds is 4. The van der Waals surface area contributed by atoms with Gasteiger partial charge in [-0.1, -0.05) is 38.5 Å². The summed E-state index contributed by atoms with van der Waals surface area (Å²) in [6.45, 7) is 1.13. The zero-order chi connectivity index (χ0) is 14.9. The quantitative estimate of drug-likeness (QED) is 0.866. The third kappa shape index (κ3) is 2.82. The standard InChI is InChI=1S/C17H27NO3/c19-15(9-8-13-5-2-1-3-6-13)18-11-14-7-4-10-17(14,12-18)16(20)21/h13-14H,1-12H2,(H,20,21)/t14-,17+/m0/s1. The van der Waals surface area contributed by atoms with E-state index in [9.17, 15) is 14.7 Å². The highest BCUT2D eigenvalue weighted by Gasteiger charge is 2.55. The second-order valence-electron chi connectivity index (χ2n) is 7.37. The van der Waals surface area contributed by atoms with Crippen molar-refractivity contribution in [3.63, 3.8) is 0 Å². The number of carbonyl (C=O) groups excluding carboxylic acids is 1. The van der Waals surface area contributed by atoms with Crippen LogP contribution in [0.15, 0.2) is 0 Å². The highest BCUT2D eigenvalue weighted by molar-refractivity contribution is 5.81. The van der Waals surface area contributed by atoms with Crippen molar-refractivity contribution >= 4 is 11.9 Å². The Morgan fingerprint density at radius 1 is 1.10 bits per heavy atom. The molecule has 0 unspecified atom stereocenters. The van der Waals surface area contributed by atoms with Crippen molar-refractivity contribution in [1.82, 2.24) is 4.90 Å². The molecule has 1 saturated heterocycles. The van der Waals surface area contributed by atoms with Gasteiger partial charge in [-0.2, -0.15) is 0 Å². The highest BCUT2D eigenvalue weighted by atomic mass is 16.4. The summed E-state index contributed by atoms with van der Waals surface area (Å²) < 4.78 is 0. The Kier molecular flexibility index (Phi) is 4.23. The van der Waals surface area contributed by atoms with E-state index in [0.717, 1.165) is 31.6 Å². The van der Waals surface area contributed by atoms with Crippen molar-refractivity contribution in [1.29, 1.82) is 0 Å². The van der Waals surface area contributed by atoms with E-state index >= 15 is 0 Å². The number of amides is 1. The van der Waals surface area contributed by atoms with Crippen LogP contribution in [0.3, 0.4) is 0 Å². The van der Waals surface area contributed by atoms with Crippen LogP contribution in [0.25, 0.3) is 0 Å². The summed E-state index contributed by atoms with van der Waals surface area (Å²) >= 11 is 0. The predicted molar refractivity (Wildman–Crippen MR) is 79.8 cm³/mol. The van der Waals surface area contributed by atoms with Gasteiger partial charge in [0, 0.05) is 19.5 Å². The summed E-state index contributed by atoms with van der Waals surface area (Å²) in [5.41, 5.74) is -0.625. The monoisotopic (exact) mass is 293 g/mol. The highest BCUT2D eigenvalue weighted by Crippen LogP contribution is 2.49. The lowest BCUT2D eigenvalue weighted by Crippen LogP contribution is -2.37. The molecule has 1 aliphatic heterocycles. The average Bonchev–Trinajstić information content (AvgIpc) is 3.03. The van der Waals surface area contributed by atoms with Gasteiger partial charge in [0.25, 0.3) is 0 Å². The number of aliphatic carboxylic acids is 1. The fourth-order valence-electron chi connectivity index (χ4n) is 4.79. The molecule has 2 aliphatic carbocycles. The molecule has 2 atom stereocenters. The van der Waals surface area contributed by atoms with E-state index in [1.54, 1.807) is 0 Å². The van der Waals surface area contributed by atoms with Crippen LogP contribution >= 0.6 is 0 Å². The zero-order valence-electron chi connectivity index (χ0n) is 12.9. The molecule has 0 aromatic rings. The van der Waals surface area contributed by atoms with E-state index in [-0.39, 0.29) is 11.8 Å². The minimum atomic E-state index is -0.687. The molecule has 3 rings (SSSR count). The lowest BCUT2D eigenvalue weighted by atomic mass is 9.81. The van der Waals surface area contributed by atoms with Crippen molar-refractivity contribution in [3.05, 3.63) is 0 Å². The predicted octanol–water partition coefficient (Wildman–Crippen LogP) is 3.06. The topological polar surface area (TPSA) is 57.6 Å². The molecule has 2 saturated carbocycles. The Morgan fingerprint density at radius 2 is 1.86 bits per heavy atom. The van der Waals surface area contributed by atoms with Gasteiger partial charge in [0.1, 0.15) is 0 Å². The smallest absolute Gasteiger partial charge is 0.311 e. The Hall–Kier alpha value is -1.06. The Balaban J connectivity index is 1.53. The largest absolute Gasteiger partial charge is 0.481 e. The molecule has 1 amide bonds. The molecule has 4 nitrogen and oxygen atoms in total. The average molecular weight is 293 g/mol. The number of carboxylic acids is 1. The van der Waals surface area contributed by atoms with Crippen LogP contribution in [0.2, 0.25) is 0 Å². The first-order chi connectivity index (χ1) is 10.1. The first-order valence-electron chi connectivity index (χ1n) is 8.63. The number of nitrogens with zero attached hydrogens (tertiary/aromatic N) is 1. The second kappa shape index (κ2) is 5.98. The summed E-state index contributed by atoms with van der Waals surface area (Å²) in [6, 6.07) is 0. The van der Waals surface area contributed by atoms with Crippen LogP contribution in [0.5, 0.6) is 0 Å². The van der Waals surface area contributed by atoms with Gasteiger partial charge in [-0.05, 0) is 31.1 Å². The lowest BCUT2D eigenvalue weighted by Gasteiger charge is -2.24. The molecule has 3 aliphatic rings. The molecule has 3 fully saturated rings. The van der Waals surface area contributed by atoms with E-state index in [2.05, 4.69) is 0 Å². The minimum Gasteiger partial charge on any atom is -0.481 e. The summed E-state index contributed by atoms with van der Waals surface area (Å²) in [6.07, 6.45) is 10.9. The van der Waals surface area contributed by atoms with Gasteiger partial charge in [-0.15, -0.1) is 0 Å². The van der Waals surface area contributed by atoms with Crippen molar-refractivity contribution in [2.75, 3.05) is 13.1 Å². The molecule has 0 aromatic carbocycles. The van der Waals surface area contributed by atoms with Gasteiger partial charge in [0.2, 0.25) is 5.91 Å². The van der Waals surface area contributed by atoms with Crippen LogP contribution in [0.4, 0.5) is 0 Å². The van der Waals surface area contributed by atoms with Gasteiger partial charge in [-0.3, -0.25) is 9.59 Å². The Morgan fingerprint density at radius 3 is 2.52 bits per heavy atom. The maximum atomic E-state index is 12.4. The number of likely N-dealkylation sites (tertiary alicyclic amines) is 1. The molecule has 1 heterocycles. The van der Waals surface area contributed by atoms with Crippen LogP contribution in [0, 0.1) is 17.3 Å². The summed E-state index contributed by atoms with van der Waals surface area (Å²) in [5, 5.41) is 9.57. The number of hydrogen-bond donors (Lipinski definition) is 1. The number of hydrogen-bond acceptors (Lipinski definition) is 2. The van der Waals surface area contributed by atoms with Crippen molar-refractivity contribution in [2.24, 2.45) is 17.3 Å². The first kappa shape index (κ1) is 14.9. The molecule has 0 radical (unpaired) electrons. The fraction of sp³-hybridized carbons (Fsp3) is 0.882. The lowest BCUT2D eigenvalue weighted by molar-refractivity contribution is -0.149. The molecule has 21 heavy (non-hydrogen) atoms. The fourth-order valence-corrected chi connectivity index (χ4v) is 4.79. The van der Waals surface area contributed by atoms with Gasteiger partial charge in [0.15, 0.2) is 0 Å². The third-order valence-corrected chi connectivity index (χ3v) is 6.14. The van der Waals surface area contributed by atoms with E-state index in [1.165, 1.54) is 32.1 Å². The molecule has 4 heteroatoms. The van der Waals surface area contributed by atoms with Crippen LogP contribution in [0.1, 0.15) is 64.2 Å². The Bertz CT molecular complexity index is 416. The number of carboxylic acid groups (broad SMARTS) is 1. The van der Waals surface area contributed by atoms with Gasteiger partial charge in [0.05, 0.1) is 5.41 Å². The number of fused-ring (bicyclic) bond motifs is 1. The summed E-state index contributed by atoms with van der Waals surface area (Å²) in [5.74, 6) is 0.412. The molecule has 0 bridgehead atoms. The van der Waals surface area contributed by atoms with E-state index < -0.39 is 11.4 Å². The van der Waals surface area contributed by atoms with Gasteiger partial charge in [-0.25, -0.2) is 0 Å². The van der Waals surface area contributed by atoms with Crippen molar-refractivity contribution in [3.8, 4) is 0 Å². The number of carbonyl (C=O) groups is 2. The zero-order valence-corrected chi connectivity index (χ0v) is 12.9. The van der Waals surface area contributed by atoms with Gasteiger partial charge >= 0.3 is 5.97 Å². The molecule has 0 aromatic heterocycles. The minimum absolute atomic E-state index is 0.189. The van der Waals surface area contributed by atoms with E-state index in [1.807, 2.05) is 4.90 Å². The van der Waals surface area contributed by atoms with Crippen LogP contribution in [-0.2, 0) is 9.59 Å². The van der Waals surface area contributed by atoms with Crippen molar-refractivity contribution in [2.45, 2.75) is 64.2 Å². The third-order valence-electron chi connectivity index (χ3n) is 6.14. The van der Waals surface area contributed by atoms with Crippen LogP contribution < -0.4 is 0 Å². The normalized spacial score (nSPS) is 33.1. The first-order valence-corrected chi connectivity index (χ1v) is 8.63. The summed E-state index contributed by atoms with van der Waals surface area (Å²) in [4.78, 5) is 25.9.